The molecule has 1 aliphatic heterocycles. The lowest BCUT2D eigenvalue weighted by Gasteiger charge is -2.50. The van der Waals surface area contributed by atoms with Crippen LogP contribution in [0, 0.1) is 11.8 Å². The van der Waals surface area contributed by atoms with Crippen LogP contribution < -0.4 is 17.2 Å². The number of sulfonamides is 1. The smallest absolute Gasteiger partial charge is 0.261 e. The van der Waals surface area contributed by atoms with Crippen molar-refractivity contribution in [1.82, 2.24) is 14.2 Å². The van der Waals surface area contributed by atoms with Gasteiger partial charge in [0, 0.05) is 24.9 Å². The highest BCUT2D eigenvalue weighted by atomic mass is 32.2. The zero-order valence-corrected chi connectivity index (χ0v) is 29.6. The highest BCUT2D eigenvalue weighted by Crippen LogP contribution is 2.39. The van der Waals surface area contributed by atoms with E-state index in [4.69, 9.17) is 21.9 Å². The molecule has 2 amide bonds. The molecule has 2 aromatic rings. The van der Waals surface area contributed by atoms with Gasteiger partial charge >= 0.3 is 0 Å². The molecule has 1 aliphatic carbocycles. The molecular formula is C33H52N6O7S2. The maximum atomic E-state index is 15.1. The lowest BCUT2D eigenvalue weighted by atomic mass is 9.81. The predicted octanol–water partition coefficient (Wildman–Crippen LogP) is 1.62. The number of carbonyl (C=O) groups is 2. The number of nitrogen functional groups attached to an aromatic ring is 1. The summed E-state index contributed by atoms with van der Waals surface area (Å²) in [5, 5.41) is 25.1. The molecular weight excluding hydrogens is 657 g/mol. The Balaban J connectivity index is 1.98. The summed E-state index contributed by atoms with van der Waals surface area (Å²) in [5.41, 5.74) is 19.7. The molecule has 2 fully saturated rings. The molecule has 3 unspecified atom stereocenters. The molecule has 268 valence electrons. The van der Waals surface area contributed by atoms with E-state index in [1.807, 2.05) is 19.9 Å². The van der Waals surface area contributed by atoms with E-state index in [1.165, 1.54) is 5.38 Å². The van der Waals surface area contributed by atoms with E-state index in [0.717, 1.165) is 58.2 Å². The summed E-state index contributed by atoms with van der Waals surface area (Å²) >= 11 is 1.05. The fourth-order valence-corrected chi connectivity index (χ4v) is 9.75. The van der Waals surface area contributed by atoms with E-state index < -0.39 is 57.4 Å². The molecule has 5 atom stereocenters. The Morgan fingerprint density at radius 2 is 1.77 bits per heavy atom. The molecule has 0 spiro atoms. The number of thiazole rings is 1. The third-order valence-corrected chi connectivity index (χ3v) is 12.7. The van der Waals surface area contributed by atoms with Crippen molar-refractivity contribution in [3.63, 3.8) is 0 Å². The van der Waals surface area contributed by atoms with Crippen molar-refractivity contribution in [2.45, 2.75) is 101 Å². The van der Waals surface area contributed by atoms with Crippen molar-refractivity contribution < 1.29 is 33.0 Å². The summed E-state index contributed by atoms with van der Waals surface area (Å²) in [4.78, 5) is 31.6. The monoisotopic (exact) mass is 708 g/mol. The second kappa shape index (κ2) is 16.8. The Kier molecular flexibility index (Phi) is 13.4. The first-order chi connectivity index (χ1) is 22.8. The third-order valence-electron chi connectivity index (χ3n) is 9.49. The summed E-state index contributed by atoms with van der Waals surface area (Å²) in [6.07, 6.45) is 1.17. The standard InChI is InChI=1S/C33H52N6O7S2/c1-22(2)17-28(40)29(41)27(19-24-11-7-4-8-12-24)39(30(42)26(34)18-23-9-5-3-6-10-23)33(31(35)43,20-25-21-47-32(36)37-25)48(44,45)38-13-15-46-16-14-38/h3,5-6,9-10,21-22,24,26-29,40-41H,4,7-8,11-20,34H2,1-2H3,(H2,35,43)(H2,36,37)/t26-,27?,28?,29?,33+/m0/s1. The number of carbonyl (C=O) groups excluding carboxylic acids is 2. The minimum atomic E-state index is -4.83. The highest BCUT2D eigenvalue weighted by Gasteiger charge is 2.62. The molecule has 0 radical (unpaired) electrons. The maximum Gasteiger partial charge on any atom is 0.261 e. The van der Waals surface area contributed by atoms with Crippen LogP contribution in [0.15, 0.2) is 35.7 Å². The van der Waals surface area contributed by atoms with Crippen molar-refractivity contribution in [3.8, 4) is 0 Å². The molecule has 2 heterocycles. The van der Waals surface area contributed by atoms with E-state index in [9.17, 15) is 15.0 Å². The fraction of sp³-hybridized carbons (Fsp3) is 0.667. The Hall–Kier alpha value is -2.66. The quantitative estimate of drug-likeness (QED) is 0.170. The minimum Gasteiger partial charge on any atom is -0.390 e. The van der Waals surface area contributed by atoms with Crippen LogP contribution in [0.5, 0.6) is 0 Å². The van der Waals surface area contributed by atoms with Gasteiger partial charge in [-0.25, -0.2) is 13.4 Å². The van der Waals surface area contributed by atoms with Crippen LogP contribution in [-0.2, 0) is 37.2 Å². The number of nitrogens with zero attached hydrogens (tertiary/aromatic N) is 3. The van der Waals surface area contributed by atoms with E-state index in [-0.39, 0.29) is 68.2 Å². The van der Waals surface area contributed by atoms with Crippen LogP contribution in [-0.4, -0.2) is 100 Å². The van der Waals surface area contributed by atoms with Gasteiger partial charge in [-0.3, -0.25) is 9.59 Å². The number of hydrogen-bond donors (Lipinski definition) is 5. The number of aromatic nitrogens is 1. The summed E-state index contributed by atoms with van der Waals surface area (Å²) in [7, 11) is -4.83. The second-order valence-electron chi connectivity index (χ2n) is 13.5. The normalized spacial score (nSPS) is 20.5. The molecule has 1 aromatic heterocycles. The Morgan fingerprint density at radius 3 is 2.33 bits per heavy atom. The van der Waals surface area contributed by atoms with E-state index >= 15 is 13.2 Å². The van der Waals surface area contributed by atoms with Gasteiger partial charge in [-0.1, -0.05) is 76.3 Å². The number of ether oxygens (including phenoxy) is 1. The number of nitrogens with two attached hydrogens (primary N) is 3. The number of benzene rings is 1. The van der Waals surface area contributed by atoms with Crippen LogP contribution in [0.25, 0.3) is 0 Å². The van der Waals surface area contributed by atoms with Crippen LogP contribution in [0.4, 0.5) is 5.13 Å². The molecule has 13 nitrogen and oxygen atoms in total. The number of aliphatic hydroxyl groups is 2. The van der Waals surface area contributed by atoms with Crippen molar-refractivity contribution in [2.24, 2.45) is 23.3 Å². The van der Waals surface area contributed by atoms with Crippen molar-refractivity contribution >= 4 is 38.3 Å². The molecule has 48 heavy (non-hydrogen) atoms. The number of primary amides is 1. The SMILES string of the molecule is CC(C)CC(O)C(O)C(CC1CCCCC1)N(C(=O)[C@@H](N)Cc1ccccc1)[C@@](Cc1csc(N)n1)(C(N)=O)S(=O)(=O)N1CCOCC1. The van der Waals surface area contributed by atoms with Gasteiger partial charge in [0.2, 0.25) is 20.8 Å². The van der Waals surface area contributed by atoms with Gasteiger partial charge in [0.1, 0.15) is 6.10 Å². The first kappa shape index (κ1) is 38.1. The highest BCUT2D eigenvalue weighted by molar-refractivity contribution is 7.91. The van der Waals surface area contributed by atoms with Crippen LogP contribution in [0.3, 0.4) is 0 Å². The zero-order chi connectivity index (χ0) is 35.1. The summed E-state index contributed by atoms with van der Waals surface area (Å²) in [6.45, 7) is 3.74. The molecule has 1 saturated heterocycles. The molecule has 4 rings (SSSR count). The van der Waals surface area contributed by atoms with Crippen LogP contribution in [0.2, 0.25) is 0 Å². The Labute approximate surface area is 287 Å². The molecule has 8 N–H and O–H groups in total. The second-order valence-corrected chi connectivity index (χ2v) is 16.5. The minimum absolute atomic E-state index is 0.0168. The van der Waals surface area contributed by atoms with E-state index in [0.29, 0.717) is 0 Å². The maximum absolute atomic E-state index is 15.1. The zero-order valence-electron chi connectivity index (χ0n) is 27.9. The van der Waals surface area contributed by atoms with Crippen LogP contribution in [0.1, 0.15) is 70.1 Å². The van der Waals surface area contributed by atoms with Crippen molar-refractivity contribution in [3.05, 3.63) is 47.0 Å². The van der Waals surface area contributed by atoms with Crippen molar-refractivity contribution in [2.75, 3.05) is 32.0 Å². The first-order valence-electron chi connectivity index (χ1n) is 16.8. The first-order valence-corrected chi connectivity index (χ1v) is 19.2. The van der Waals surface area contributed by atoms with Gasteiger partial charge in [0.25, 0.3) is 5.91 Å². The topological polar surface area (TPSA) is 215 Å². The average Bonchev–Trinajstić information content (AvgIpc) is 3.48. The lowest BCUT2D eigenvalue weighted by Crippen LogP contribution is -2.74. The predicted molar refractivity (Wildman–Crippen MR) is 185 cm³/mol. The molecule has 1 aromatic carbocycles. The summed E-state index contributed by atoms with van der Waals surface area (Å²) in [6, 6.07) is 6.34. The number of aliphatic hydroxyl groups excluding tert-OH is 2. The van der Waals surface area contributed by atoms with Gasteiger partial charge in [-0.2, -0.15) is 4.31 Å². The lowest BCUT2D eigenvalue weighted by molar-refractivity contribution is -0.153. The Bertz CT molecular complexity index is 1450. The number of amides is 2. The van der Waals surface area contributed by atoms with Crippen LogP contribution >= 0.6 is 11.3 Å². The third kappa shape index (κ3) is 8.73. The largest absolute Gasteiger partial charge is 0.390 e. The number of morpholine rings is 1. The summed E-state index contributed by atoms with van der Waals surface area (Å²) in [5.74, 6) is -2.25. The summed E-state index contributed by atoms with van der Waals surface area (Å²) < 4.78 is 36.7. The molecule has 1 saturated carbocycles. The molecule has 15 heteroatoms. The Morgan fingerprint density at radius 1 is 1.12 bits per heavy atom. The van der Waals surface area contributed by atoms with Crippen molar-refractivity contribution in [1.29, 1.82) is 0 Å². The number of anilines is 1. The molecule has 0 bridgehead atoms. The van der Waals surface area contributed by atoms with Gasteiger partial charge in [-0.05, 0) is 36.7 Å². The number of hydrogen-bond acceptors (Lipinski definition) is 11. The average molecular weight is 709 g/mol. The van der Waals surface area contributed by atoms with Gasteiger partial charge in [-0.15, -0.1) is 11.3 Å². The van der Waals surface area contributed by atoms with Gasteiger partial charge in [0.05, 0.1) is 37.1 Å². The molecule has 2 aliphatic rings. The van der Waals surface area contributed by atoms with E-state index in [2.05, 4.69) is 4.98 Å². The van der Waals surface area contributed by atoms with Gasteiger partial charge in [0.15, 0.2) is 5.13 Å². The van der Waals surface area contributed by atoms with Gasteiger partial charge < -0.3 is 37.1 Å². The van der Waals surface area contributed by atoms with E-state index in [1.54, 1.807) is 24.3 Å². The fourth-order valence-electron chi connectivity index (χ4n) is 7.07. The number of rotatable bonds is 16.